The molecule has 1 heterocycles. The van der Waals surface area contributed by atoms with Gasteiger partial charge in [0.2, 0.25) is 0 Å². The highest BCUT2D eigenvalue weighted by Gasteiger charge is 2.29. The van der Waals surface area contributed by atoms with Crippen LogP contribution in [0.4, 0.5) is 0 Å². The molecule has 1 unspecified atom stereocenters. The highest BCUT2D eigenvalue weighted by molar-refractivity contribution is 14.1. The van der Waals surface area contributed by atoms with Gasteiger partial charge in [-0.1, -0.05) is 32.4 Å². The molecule has 0 saturated carbocycles. The van der Waals surface area contributed by atoms with E-state index >= 15 is 0 Å². The van der Waals surface area contributed by atoms with Gasteiger partial charge < -0.3 is 4.74 Å². The van der Waals surface area contributed by atoms with Crippen molar-refractivity contribution >= 4 is 34.2 Å². The summed E-state index contributed by atoms with van der Waals surface area (Å²) >= 11 is 8.36. The van der Waals surface area contributed by atoms with Crippen molar-refractivity contribution in [3.8, 4) is 0 Å². The fourth-order valence-electron chi connectivity index (χ4n) is 1.45. The SMILES string of the molecule is CCC(C)(OC)c1nc(Cl)c(I)c(C(C)C)n1. The van der Waals surface area contributed by atoms with Crippen LogP contribution in [0.5, 0.6) is 0 Å². The van der Waals surface area contributed by atoms with Gasteiger partial charge in [-0.15, -0.1) is 0 Å². The first-order valence-corrected chi connectivity index (χ1v) is 7.10. The molecule has 0 spiro atoms. The second-order valence-corrected chi connectivity index (χ2v) is 5.92. The van der Waals surface area contributed by atoms with Crippen LogP contribution in [0.2, 0.25) is 5.15 Å². The first kappa shape index (κ1) is 15.1. The van der Waals surface area contributed by atoms with Gasteiger partial charge in [-0.05, 0) is 41.9 Å². The lowest BCUT2D eigenvalue weighted by molar-refractivity contribution is -0.00922. The number of halogens is 2. The summed E-state index contributed by atoms with van der Waals surface area (Å²) in [7, 11) is 1.67. The highest BCUT2D eigenvalue weighted by Crippen LogP contribution is 2.31. The summed E-state index contributed by atoms with van der Waals surface area (Å²) in [6.07, 6.45) is 0.804. The number of ether oxygens (including phenoxy) is 1. The summed E-state index contributed by atoms with van der Waals surface area (Å²) in [6.45, 7) is 8.23. The average Bonchev–Trinajstić information content (AvgIpc) is 2.30. The van der Waals surface area contributed by atoms with Crippen LogP contribution in [-0.4, -0.2) is 17.1 Å². The maximum atomic E-state index is 6.17. The van der Waals surface area contributed by atoms with E-state index in [0.717, 1.165) is 15.7 Å². The summed E-state index contributed by atoms with van der Waals surface area (Å²) < 4.78 is 6.44. The van der Waals surface area contributed by atoms with E-state index < -0.39 is 5.60 Å². The zero-order valence-electron chi connectivity index (χ0n) is 10.8. The summed E-state index contributed by atoms with van der Waals surface area (Å²) in [4.78, 5) is 8.97. The molecule has 0 aliphatic rings. The van der Waals surface area contributed by atoms with Crippen molar-refractivity contribution in [1.82, 2.24) is 9.97 Å². The molecule has 5 heteroatoms. The molecular formula is C12H18ClIN2O. The van der Waals surface area contributed by atoms with Gasteiger partial charge in [-0.2, -0.15) is 0 Å². The van der Waals surface area contributed by atoms with Crippen molar-refractivity contribution in [3.63, 3.8) is 0 Å². The Kier molecular flexibility index (Phi) is 5.16. The third-order valence-electron chi connectivity index (χ3n) is 2.98. The number of hydrogen-bond donors (Lipinski definition) is 0. The van der Waals surface area contributed by atoms with E-state index in [2.05, 4.69) is 46.4 Å². The van der Waals surface area contributed by atoms with E-state index in [1.54, 1.807) is 7.11 Å². The number of methoxy groups -OCH3 is 1. The van der Waals surface area contributed by atoms with Crippen LogP contribution in [0.15, 0.2) is 0 Å². The van der Waals surface area contributed by atoms with Crippen molar-refractivity contribution in [2.75, 3.05) is 7.11 Å². The average molecular weight is 369 g/mol. The molecule has 0 amide bonds. The minimum absolute atomic E-state index is 0.319. The molecule has 1 rings (SSSR count). The van der Waals surface area contributed by atoms with Crippen LogP contribution in [-0.2, 0) is 10.3 Å². The van der Waals surface area contributed by atoms with Crippen molar-refractivity contribution < 1.29 is 4.74 Å². The van der Waals surface area contributed by atoms with Gasteiger partial charge in [0.15, 0.2) is 5.82 Å². The quantitative estimate of drug-likeness (QED) is 0.592. The van der Waals surface area contributed by atoms with Crippen LogP contribution in [0.3, 0.4) is 0 Å². The molecule has 0 fully saturated rings. The van der Waals surface area contributed by atoms with E-state index in [1.165, 1.54) is 0 Å². The molecular weight excluding hydrogens is 351 g/mol. The maximum Gasteiger partial charge on any atom is 0.161 e. The van der Waals surface area contributed by atoms with E-state index in [9.17, 15) is 0 Å². The molecule has 0 aromatic carbocycles. The van der Waals surface area contributed by atoms with Gasteiger partial charge >= 0.3 is 0 Å². The summed E-state index contributed by atoms with van der Waals surface area (Å²) in [5, 5.41) is 0.510. The lowest BCUT2D eigenvalue weighted by Gasteiger charge is -2.26. The molecule has 0 aliphatic carbocycles. The molecule has 17 heavy (non-hydrogen) atoms. The van der Waals surface area contributed by atoms with Gasteiger partial charge in [0, 0.05) is 7.11 Å². The van der Waals surface area contributed by atoms with Gasteiger partial charge in [-0.25, -0.2) is 9.97 Å². The lowest BCUT2D eigenvalue weighted by Crippen LogP contribution is -2.27. The molecule has 1 aromatic rings. The first-order chi connectivity index (χ1) is 7.85. The van der Waals surface area contributed by atoms with E-state index in [0.29, 0.717) is 16.9 Å². The Balaban J connectivity index is 3.37. The highest BCUT2D eigenvalue weighted by atomic mass is 127. The predicted octanol–water partition coefficient (Wildman–Crippen LogP) is 4.13. The Labute approximate surface area is 121 Å². The Morgan fingerprint density at radius 2 is 2.00 bits per heavy atom. The minimum atomic E-state index is -0.475. The molecule has 0 saturated heterocycles. The van der Waals surface area contributed by atoms with Crippen LogP contribution >= 0.6 is 34.2 Å². The first-order valence-electron chi connectivity index (χ1n) is 5.64. The largest absolute Gasteiger partial charge is 0.371 e. The van der Waals surface area contributed by atoms with E-state index in [4.69, 9.17) is 16.3 Å². The van der Waals surface area contributed by atoms with Crippen LogP contribution in [0.1, 0.15) is 51.6 Å². The molecule has 3 nitrogen and oxygen atoms in total. The summed E-state index contributed by atoms with van der Waals surface area (Å²) in [6, 6.07) is 0. The van der Waals surface area contributed by atoms with Gasteiger partial charge in [0.25, 0.3) is 0 Å². The standard InChI is InChI=1S/C12H18ClIN2O/c1-6-12(4,17-5)11-15-9(7(2)3)8(14)10(13)16-11/h7H,6H2,1-5H3. The Morgan fingerprint density at radius 1 is 1.41 bits per heavy atom. The summed E-state index contributed by atoms with van der Waals surface area (Å²) in [5.41, 5.74) is 0.509. The van der Waals surface area contributed by atoms with Crippen molar-refractivity contribution in [2.24, 2.45) is 0 Å². The van der Waals surface area contributed by atoms with Gasteiger partial charge in [-0.3, -0.25) is 0 Å². The Hall–Kier alpha value is 0.0600. The number of nitrogens with zero attached hydrogens (tertiary/aromatic N) is 2. The van der Waals surface area contributed by atoms with Crippen LogP contribution in [0, 0.1) is 3.57 Å². The molecule has 0 N–H and O–H groups in total. The second kappa shape index (κ2) is 5.80. The molecule has 96 valence electrons. The maximum absolute atomic E-state index is 6.17. The van der Waals surface area contributed by atoms with Crippen LogP contribution in [0.25, 0.3) is 0 Å². The zero-order valence-corrected chi connectivity index (χ0v) is 13.8. The van der Waals surface area contributed by atoms with Gasteiger partial charge in [0.1, 0.15) is 10.8 Å². The Bertz CT molecular complexity index is 406. The fourth-order valence-corrected chi connectivity index (χ4v) is 2.49. The van der Waals surface area contributed by atoms with Gasteiger partial charge in [0.05, 0.1) is 9.26 Å². The molecule has 0 radical (unpaired) electrons. The normalized spacial score (nSPS) is 15.1. The lowest BCUT2D eigenvalue weighted by atomic mass is 10.0. The fraction of sp³-hybridized carbons (Fsp3) is 0.667. The smallest absolute Gasteiger partial charge is 0.161 e. The molecule has 0 bridgehead atoms. The minimum Gasteiger partial charge on any atom is -0.371 e. The van der Waals surface area contributed by atoms with E-state index in [1.807, 2.05) is 13.8 Å². The third kappa shape index (κ3) is 3.09. The van der Waals surface area contributed by atoms with Crippen molar-refractivity contribution in [2.45, 2.75) is 45.6 Å². The number of hydrogen-bond acceptors (Lipinski definition) is 3. The Morgan fingerprint density at radius 3 is 2.41 bits per heavy atom. The monoisotopic (exact) mass is 368 g/mol. The van der Waals surface area contributed by atoms with Crippen molar-refractivity contribution in [1.29, 1.82) is 0 Å². The molecule has 1 aromatic heterocycles. The predicted molar refractivity (Wildman–Crippen MR) is 78.5 cm³/mol. The summed E-state index contributed by atoms with van der Waals surface area (Å²) in [5.74, 6) is 0.982. The van der Waals surface area contributed by atoms with Crippen molar-refractivity contribution in [3.05, 3.63) is 20.2 Å². The number of rotatable bonds is 4. The molecule has 0 aliphatic heterocycles. The second-order valence-electron chi connectivity index (χ2n) is 4.48. The van der Waals surface area contributed by atoms with Crippen LogP contribution < -0.4 is 0 Å². The van der Waals surface area contributed by atoms with E-state index in [-0.39, 0.29) is 0 Å². The molecule has 1 atom stereocenters. The number of aromatic nitrogens is 2. The third-order valence-corrected chi connectivity index (χ3v) is 4.64. The zero-order chi connectivity index (χ0) is 13.2. The topological polar surface area (TPSA) is 35.0 Å².